The van der Waals surface area contributed by atoms with Crippen molar-refractivity contribution in [3.63, 3.8) is 0 Å². The number of aliphatic hydroxyl groups excluding tert-OH is 1. The standard InChI is InChI=1S/C26H33F3N2O4/c1-17(2)35-22-5-3-4-19(13-22)26(6-8-34-9-7-26)30-16-24(32)23(31-25(33)15-27)12-18-10-20(28)14-21(29)11-18/h3-5,10-11,13-14,17,23-24,30,32H,6-9,12,15-16H2,1-2H3,(H,31,33)/t23-,24+/m0/s1. The van der Waals surface area contributed by atoms with Crippen LogP contribution in [0.4, 0.5) is 13.2 Å². The number of ether oxygens (including phenoxy) is 2. The van der Waals surface area contributed by atoms with Crippen LogP contribution in [0, 0.1) is 11.6 Å². The highest BCUT2D eigenvalue weighted by Gasteiger charge is 2.36. The fraction of sp³-hybridized carbons (Fsp3) is 0.500. The number of carbonyl (C=O) groups excluding carboxylic acids is 1. The van der Waals surface area contributed by atoms with Crippen LogP contribution in [-0.4, -0.2) is 55.7 Å². The largest absolute Gasteiger partial charge is 0.491 e. The molecule has 2 aromatic rings. The molecule has 9 heteroatoms. The van der Waals surface area contributed by atoms with Gasteiger partial charge in [0.05, 0.1) is 18.2 Å². The van der Waals surface area contributed by atoms with Gasteiger partial charge in [0.1, 0.15) is 17.4 Å². The monoisotopic (exact) mass is 494 g/mol. The lowest BCUT2D eigenvalue weighted by Gasteiger charge is -2.40. The predicted molar refractivity (Wildman–Crippen MR) is 126 cm³/mol. The second kappa shape index (κ2) is 12.4. The molecule has 1 amide bonds. The molecule has 0 aromatic heterocycles. The van der Waals surface area contributed by atoms with Crippen molar-refractivity contribution in [2.75, 3.05) is 26.4 Å². The number of halogens is 3. The zero-order valence-electron chi connectivity index (χ0n) is 20.0. The van der Waals surface area contributed by atoms with E-state index in [4.69, 9.17) is 9.47 Å². The molecule has 0 unspecified atom stereocenters. The predicted octanol–water partition coefficient (Wildman–Crippen LogP) is 3.41. The fourth-order valence-electron chi connectivity index (χ4n) is 4.38. The minimum absolute atomic E-state index is 0.0122. The van der Waals surface area contributed by atoms with Crippen LogP contribution in [0.25, 0.3) is 0 Å². The van der Waals surface area contributed by atoms with Crippen molar-refractivity contribution in [3.8, 4) is 5.75 Å². The molecule has 1 fully saturated rings. The van der Waals surface area contributed by atoms with E-state index in [0.717, 1.165) is 29.5 Å². The molecule has 35 heavy (non-hydrogen) atoms. The van der Waals surface area contributed by atoms with Gasteiger partial charge in [-0.05, 0) is 68.5 Å². The third-order valence-corrected chi connectivity index (χ3v) is 6.06. The van der Waals surface area contributed by atoms with Gasteiger partial charge in [-0.2, -0.15) is 0 Å². The summed E-state index contributed by atoms with van der Waals surface area (Å²) in [6.07, 6.45) is 0.0601. The van der Waals surface area contributed by atoms with E-state index in [-0.39, 0.29) is 24.6 Å². The van der Waals surface area contributed by atoms with E-state index in [1.807, 2.05) is 38.1 Å². The van der Waals surface area contributed by atoms with Gasteiger partial charge in [-0.1, -0.05) is 12.1 Å². The van der Waals surface area contributed by atoms with E-state index in [1.165, 1.54) is 0 Å². The third-order valence-electron chi connectivity index (χ3n) is 6.06. The van der Waals surface area contributed by atoms with E-state index in [2.05, 4.69) is 10.6 Å². The second-order valence-electron chi connectivity index (χ2n) is 9.13. The number of hydrogen-bond acceptors (Lipinski definition) is 5. The van der Waals surface area contributed by atoms with Crippen LogP contribution in [0.5, 0.6) is 5.75 Å². The minimum atomic E-state index is -1.27. The van der Waals surface area contributed by atoms with Gasteiger partial charge >= 0.3 is 0 Å². The molecule has 1 saturated heterocycles. The summed E-state index contributed by atoms with van der Waals surface area (Å²) < 4.78 is 51.6. The molecule has 0 aliphatic carbocycles. The molecule has 0 spiro atoms. The highest BCUT2D eigenvalue weighted by atomic mass is 19.1. The number of rotatable bonds is 11. The Hall–Kier alpha value is -2.62. The highest BCUT2D eigenvalue weighted by Crippen LogP contribution is 2.34. The first-order valence-electron chi connectivity index (χ1n) is 11.8. The number of nitrogens with one attached hydrogen (secondary N) is 2. The Morgan fingerprint density at radius 1 is 1.14 bits per heavy atom. The van der Waals surface area contributed by atoms with Crippen molar-refractivity contribution in [2.24, 2.45) is 0 Å². The lowest BCUT2D eigenvalue weighted by atomic mass is 9.82. The molecule has 1 aliphatic rings. The van der Waals surface area contributed by atoms with Gasteiger partial charge in [-0.15, -0.1) is 0 Å². The Morgan fingerprint density at radius 2 is 1.83 bits per heavy atom. The number of carbonyl (C=O) groups is 1. The molecule has 1 aliphatic heterocycles. The molecule has 0 bridgehead atoms. The van der Waals surface area contributed by atoms with Crippen LogP contribution in [0.2, 0.25) is 0 Å². The van der Waals surface area contributed by atoms with Crippen LogP contribution in [0.15, 0.2) is 42.5 Å². The SMILES string of the molecule is CC(C)Oc1cccc(C2(NC[C@@H](O)[C@H](Cc3cc(F)cc(F)c3)NC(=O)CF)CCOCC2)c1. The quantitative estimate of drug-likeness (QED) is 0.446. The van der Waals surface area contributed by atoms with E-state index in [0.29, 0.717) is 26.1 Å². The molecule has 0 saturated carbocycles. The van der Waals surface area contributed by atoms with Gasteiger partial charge in [0.2, 0.25) is 0 Å². The maximum absolute atomic E-state index is 13.7. The van der Waals surface area contributed by atoms with Gasteiger partial charge in [0.25, 0.3) is 5.91 Å². The Balaban J connectivity index is 1.79. The molecule has 3 rings (SSSR count). The van der Waals surface area contributed by atoms with E-state index < -0.39 is 41.9 Å². The molecule has 2 atom stereocenters. The average Bonchev–Trinajstić information content (AvgIpc) is 2.81. The van der Waals surface area contributed by atoms with Crippen LogP contribution in [0.1, 0.15) is 37.8 Å². The zero-order valence-corrected chi connectivity index (χ0v) is 20.0. The van der Waals surface area contributed by atoms with Crippen molar-refractivity contribution >= 4 is 5.91 Å². The Bertz CT molecular complexity index is 963. The molecular formula is C26H33F3N2O4. The molecular weight excluding hydrogens is 461 g/mol. The summed E-state index contributed by atoms with van der Waals surface area (Å²) in [6, 6.07) is 9.76. The van der Waals surface area contributed by atoms with Gasteiger partial charge in [0.15, 0.2) is 6.67 Å². The number of hydrogen-bond donors (Lipinski definition) is 3. The first-order valence-corrected chi connectivity index (χ1v) is 11.8. The van der Waals surface area contributed by atoms with Crippen LogP contribution in [0.3, 0.4) is 0 Å². The Kier molecular flexibility index (Phi) is 9.54. The summed E-state index contributed by atoms with van der Waals surface area (Å²) in [5, 5.41) is 16.8. The lowest BCUT2D eigenvalue weighted by molar-refractivity contribution is -0.123. The van der Waals surface area contributed by atoms with Crippen LogP contribution >= 0.6 is 0 Å². The summed E-state index contributed by atoms with van der Waals surface area (Å²) in [7, 11) is 0. The van der Waals surface area contributed by atoms with Gasteiger partial charge in [0, 0.05) is 31.4 Å². The lowest BCUT2D eigenvalue weighted by Crippen LogP contribution is -2.54. The molecule has 2 aromatic carbocycles. The van der Waals surface area contributed by atoms with Crippen LogP contribution < -0.4 is 15.4 Å². The van der Waals surface area contributed by atoms with Gasteiger partial charge in [-0.3, -0.25) is 4.79 Å². The topological polar surface area (TPSA) is 79.8 Å². The van der Waals surface area contributed by atoms with Gasteiger partial charge in [-0.25, -0.2) is 13.2 Å². The smallest absolute Gasteiger partial charge is 0.251 e. The molecule has 1 heterocycles. The van der Waals surface area contributed by atoms with E-state index >= 15 is 0 Å². The zero-order chi connectivity index (χ0) is 25.4. The summed E-state index contributed by atoms with van der Waals surface area (Å²) in [6.45, 7) is 3.71. The Labute approximate surface area is 203 Å². The average molecular weight is 495 g/mol. The number of alkyl halides is 1. The van der Waals surface area contributed by atoms with Crippen molar-refractivity contribution in [1.82, 2.24) is 10.6 Å². The molecule has 192 valence electrons. The van der Waals surface area contributed by atoms with E-state index in [1.54, 1.807) is 0 Å². The first-order chi connectivity index (χ1) is 16.7. The Morgan fingerprint density at radius 3 is 2.46 bits per heavy atom. The van der Waals surface area contributed by atoms with Crippen molar-refractivity contribution in [2.45, 2.75) is 56.9 Å². The van der Waals surface area contributed by atoms with E-state index in [9.17, 15) is 23.1 Å². The highest BCUT2D eigenvalue weighted by molar-refractivity contribution is 5.77. The summed E-state index contributed by atoms with van der Waals surface area (Å²) >= 11 is 0. The van der Waals surface area contributed by atoms with Crippen LogP contribution in [-0.2, 0) is 21.5 Å². The minimum Gasteiger partial charge on any atom is -0.491 e. The van der Waals surface area contributed by atoms with Gasteiger partial charge < -0.3 is 25.2 Å². The summed E-state index contributed by atoms with van der Waals surface area (Å²) in [4.78, 5) is 11.8. The normalized spacial score (nSPS) is 17.1. The van der Waals surface area contributed by atoms with Crippen molar-refractivity contribution < 1.29 is 32.5 Å². The third kappa shape index (κ3) is 7.68. The number of benzene rings is 2. The van der Waals surface area contributed by atoms with Crippen molar-refractivity contribution in [1.29, 1.82) is 0 Å². The second-order valence-corrected chi connectivity index (χ2v) is 9.13. The van der Waals surface area contributed by atoms with Crippen molar-refractivity contribution in [3.05, 3.63) is 65.2 Å². The molecule has 0 radical (unpaired) electrons. The maximum Gasteiger partial charge on any atom is 0.251 e. The number of amides is 1. The summed E-state index contributed by atoms with van der Waals surface area (Å²) in [5.41, 5.74) is 0.697. The molecule has 6 nitrogen and oxygen atoms in total. The maximum atomic E-state index is 13.7. The first kappa shape index (κ1) is 27.0. The summed E-state index contributed by atoms with van der Waals surface area (Å²) in [5.74, 6) is -1.72. The number of aliphatic hydroxyl groups is 1. The fourth-order valence-corrected chi connectivity index (χ4v) is 4.38. The molecule has 3 N–H and O–H groups in total.